The van der Waals surface area contributed by atoms with Gasteiger partial charge in [-0.05, 0) is 31.7 Å². The first kappa shape index (κ1) is 14.8. The molecule has 0 radical (unpaired) electrons. The number of nitrogens with zero attached hydrogens (tertiary/aromatic N) is 1. The molecule has 0 aliphatic carbocycles. The van der Waals surface area contributed by atoms with E-state index in [4.69, 9.17) is 5.73 Å². The molecule has 0 aliphatic heterocycles. The predicted molar refractivity (Wildman–Crippen MR) is 75.3 cm³/mol. The van der Waals surface area contributed by atoms with Crippen LogP contribution in [0.3, 0.4) is 0 Å². The minimum Gasteiger partial charge on any atom is -0.399 e. The molecule has 102 valence electrons. The molecule has 3 N–H and O–H groups in total. The van der Waals surface area contributed by atoms with Crippen molar-refractivity contribution in [1.29, 1.82) is 0 Å². The number of anilines is 2. The Hall–Kier alpha value is -1.27. The topological polar surface area (TPSA) is 75.4 Å². The molecule has 1 rings (SSSR count). The molecule has 0 bridgehead atoms. The monoisotopic (exact) mass is 271 g/mol. The van der Waals surface area contributed by atoms with Gasteiger partial charge in [-0.1, -0.05) is 13.3 Å². The van der Waals surface area contributed by atoms with E-state index in [2.05, 4.69) is 11.6 Å². The zero-order valence-corrected chi connectivity index (χ0v) is 11.9. The average molecular weight is 271 g/mol. The number of hydrogen-bond donors (Lipinski definition) is 2. The van der Waals surface area contributed by atoms with Crippen LogP contribution >= 0.6 is 0 Å². The zero-order valence-electron chi connectivity index (χ0n) is 11.1. The molecule has 0 aliphatic rings. The standard InChI is InChI=1S/C12H21N3O2S/c1-4-5-8-15(3)11-7-6-10(13)9-12(11)18(16,17)14-2/h6-7,9,14H,4-5,8,13H2,1-3H3. The summed E-state index contributed by atoms with van der Waals surface area (Å²) in [6.07, 6.45) is 2.08. The van der Waals surface area contributed by atoms with Crippen LogP contribution < -0.4 is 15.4 Å². The molecule has 0 saturated heterocycles. The van der Waals surface area contributed by atoms with Crippen LogP contribution in [-0.2, 0) is 10.0 Å². The molecular weight excluding hydrogens is 250 g/mol. The van der Waals surface area contributed by atoms with E-state index in [9.17, 15) is 8.42 Å². The Morgan fingerprint density at radius 3 is 2.61 bits per heavy atom. The van der Waals surface area contributed by atoms with Gasteiger partial charge in [-0.2, -0.15) is 0 Å². The summed E-state index contributed by atoms with van der Waals surface area (Å²) in [6, 6.07) is 4.95. The lowest BCUT2D eigenvalue weighted by molar-refractivity contribution is 0.588. The molecule has 0 aromatic heterocycles. The number of nitrogens with one attached hydrogen (secondary N) is 1. The second kappa shape index (κ2) is 6.06. The van der Waals surface area contributed by atoms with E-state index < -0.39 is 10.0 Å². The summed E-state index contributed by atoms with van der Waals surface area (Å²) in [7, 11) is -0.211. The maximum absolute atomic E-state index is 12.0. The first-order valence-electron chi connectivity index (χ1n) is 5.96. The molecule has 5 nitrogen and oxygen atoms in total. The Labute approximate surface area is 109 Å². The number of nitrogen functional groups attached to an aromatic ring is 1. The van der Waals surface area contributed by atoms with E-state index in [1.165, 1.54) is 13.1 Å². The lowest BCUT2D eigenvalue weighted by Crippen LogP contribution is -2.25. The number of hydrogen-bond acceptors (Lipinski definition) is 4. The van der Waals surface area contributed by atoms with E-state index in [1.807, 2.05) is 11.9 Å². The van der Waals surface area contributed by atoms with Crippen LogP contribution in [0.5, 0.6) is 0 Å². The molecule has 6 heteroatoms. The van der Waals surface area contributed by atoms with Crippen LogP contribution in [0.4, 0.5) is 11.4 Å². The fourth-order valence-corrected chi connectivity index (χ4v) is 2.70. The van der Waals surface area contributed by atoms with Gasteiger partial charge in [0, 0.05) is 19.3 Å². The largest absolute Gasteiger partial charge is 0.399 e. The van der Waals surface area contributed by atoms with Crippen molar-refractivity contribution in [3.05, 3.63) is 18.2 Å². The number of nitrogens with two attached hydrogens (primary N) is 1. The van der Waals surface area contributed by atoms with Crippen LogP contribution in [0.15, 0.2) is 23.1 Å². The van der Waals surface area contributed by atoms with Crippen molar-refractivity contribution in [3.8, 4) is 0 Å². The molecule has 0 fully saturated rings. The van der Waals surface area contributed by atoms with Gasteiger partial charge in [0.15, 0.2) is 0 Å². The smallest absolute Gasteiger partial charge is 0.242 e. The highest BCUT2D eigenvalue weighted by Gasteiger charge is 2.19. The predicted octanol–water partition coefficient (Wildman–Crippen LogP) is 1.41. The van der Waals surface area contributed by atoms with E-state index in [1.54, 1.807) is 12.1 Å². The summed E-state index contributed by atoms with van der Waals surface area (Å²) in [5.74, 6) is 0. The van der Waals surface area contributed by atoms with E-state index in [0.717, 1.165) is 19.4 Å². The highest BCUT2D eigenvalue weighted by atomic mass is 32.2. The van der Waals surface area contributed by atoms with Gasteiger partial charge in [-0.3, -0.25) is 0 Å². The van der Waals surface area contributed by atoms with Crippen molar-refractivity contribution < 1.29 is 8.42 Å². The second-order valence-corrected chi connectivity index (χ2v) is 6.06. The van der Waals surface area contributed by atoms with Gasteiger partial charge in [0.25, 0.3) is 0 Å². The van der Waals surface area contributed by atoms with Gasteiger partial charge in [0.1, 0.15) is 4.90 Å². The Bertz CT molecular complexity index is 500. The Morgan fingerprint density at radius 2 is 2.06 bits per heavy atom. The van der Waals surface area contributed by atoms with Crippen molar-refractivity contribution >= 4 is 21.4 Å². The molecule has 0 atom stereocenters. The fraction of sp³-hybridized carbons (Fsp3) is 0.500. The maximum atomic E-state index is 12.0. The summed E-state index contributed by atoms with van der Waals surface area (Å²) < 4.78 is 26.2. The van der Waals surface area contributed by atoms with Crippen LogP contribution in [0, 0.1) is 0 Å². The third-order valence-electron chi connectivity index (χ3n) is 2.80. The molecular formula is C12H21N3O2S. The third kappa shape index (κ3) is 3.36. The van der Waals surface area contributed by atoms with Crippen LogP contribution in [0.1, 0.15) is 19.8 Å². The normalized spacial score (nSPS) is 11.5. The second-order valence-electron chi connectivity index (χ2n) is 4.21. The zero-order chi connectivity index (χ0) is 13.8. The van der Waals surface area contributed by atoms with Gasteiger partial charge in [0.05, 0.1) is 5.69 Å². The summed E-state index contributed by atoms with van der Waals surface area (Å²) in [5, 5.41) is 0. The molecule has 0 amide bonds. The number of unbranched alkanes of at least 4 members (excludes halogenated alkanes) is 1. The van der Waals surface area contributed by atoms with E-state index >= 15 is 0 Å². The minimum atomic E-state index is -3.49. The third-order valence-corrected chi connectivity index (χ3v) is 4.24. The average Bonchev–Trinajstić information content (AvgIpc) is 2.35. The van der Waals surface area contributed by atoms with Crippen molar-refractivity contribution in [3.63, 3.8) is 0 Å². The van der Waals surface area contributed by atoms with Crippen LogP contribution in [-0.4, -0.2) is 29.1 Å². The van der Waals surface area contributed by atoms with E-state index in [-0.39, 0.29) is 4.90 Å². The summed E-state index contributed by atoms with van der Waals surface area (Å²) >= 11 is 0. The van der Waals surface area contributed by atoms with E-state index in [0.29, 0.717) is 11.4 Å². The molecule has 0 spiro atoms. The molecule has 0 saturated carbocycles. The van der Waals surface area contributed by atoms with Crippen molar-refractivity contribution in [2.75, 3.05) is 31.3 Å². The molecule has 18 heavy (non-hydrogen) atoms. The van der Waals surface area contributed by atoms with Crippen LogP contribution in [0.25, 0.3) is 0 Å². The SMILES string of the molecule is CCCCN(C)c1ccc(N)cc1S(=O)(=O)NC. The van der Waals surface area contributed by atoms with Gasteiger partial charge in [-0.25, -0.2) is 13.1 Å². The summed E-state index contributed by atoms with van der Waals surface area (Å²) in [5.41, 5.74) is 6.78. The Morgan fingerprint density at radius 1 is 1.39 bits per heavy atom. The van der Waals surface area contributed by atoms with Crippen molar-refractivity contribution in [2.24, 2.45) is 0 Å². The summed E-state index contributed by atoms with van der Waals surface area (Å²) in [6.45, 7) is 2.91. The summed E-state index contributed by atoms with van der Waals surface area (Å²) in [4.78, 5) is 2.16. The lowest BCUT2D eigenvalue weighted by atomic mass is 10.2. The number of rotatable bonds is 6. The van der Waals surface area contributed by atoms with Gasteiger partial charge < -0.3 is 10.6 Å². The molecule has 1 aromatic rings. The Kier molecular flexibility index (Phi) is 4.98. The maximum Gasteiger partial charge on any atom is 0.242 e. The highest BCUT2D eigenvalue weighted by Crippen LogP contribution is 2.26. The van der Waals surface area contributed by atoms with Gasteiger partial charge in [-0.15, -0.1) is 0 Å². The number of benzene rings is 1. The number of sulfonamides is 1. The van der Waals surface area contributed by atoms with Crippen molar-refractivity contribution in [1.82, 2.24) is 4.72 Å². The first-order valence-corrected chi connectivity index (χ1v) is 7.45. The van der Waals surface area contributed by atoms with Gasteiger partial charge >= 0.3 is 0 Å². The van der Waals surface area contributed by atoms with Gasteiger partial charge in [0.2, 0.25) is 10.0 Å². The quantitative estimate of drug-likeness (QED) is 0.767. The van der Waals surface area contributed by atoms with Crippen molar-refractivity contribution in [2.45, 2.75) is 24.7 Å². The molecule has 0 heterocycles. The highest BCUT2D eigenvalue weighted by molar-refractivity contribution is 7.89. The Balaban J connectivity index is 3.19. The minimum absolute atomic E-state index is 0.226. The molecule has 1 aromatic carbocycles. The lowest BCUT2D eigenvalue weighted by Gasteiger charge is -2.22. The fourth-order valence-electron chi connectivity index (χ4n) is 1.69. The van der Waals surface area contributed by atoms with Crippen LogP contribution in [0.2, 0.25) is 0 Å². The first-order chi connectivity index (χ1) is 8.42. The molecule has 0 unspecified atom stereocenters.